The predicted octanol–water partition coefficient (Wildman–Crippen LogP) is 3.66. The van der Waals surface area contributed by atoms with Crippen LogP contribution >= 0.6 is 11.3 Å². The van der Waals surface area contributed by atoms with Crippen molar-refractivity contribution in [1.82, 2.24) is 10.3 Å². The van der Waals surface area contributed by atoms with Crippen LogP contribution in [0.2, 0.25) is 0 Å². The molecule has 7 heteroatoms. The first kappa shape index (κ1) is 14.4. The summed E-state index contributed by atoms with van der Waals surface area (Å²) >= 11 is 1.64. The van der Waals surface area contributed by atoms with Gasteiger partial charge in [0.05, 0.1) is 6.04 Å². The number of fused-ring (bicyclic) bond motifs is 1. The van der Waals surface area contributed by atoms with Crippen molar-refractivity contribution in [3.63, 3.8) is 0 Å². The highest BCUT2D eigenvalue weighted by atomic mass is 32.1. The van der Waals surface area contributed by atoms with Gasteiger partial charge in [0.25, 0.3) is 0 Å². The van der Waals surface area contributed by atoms with E-state index in [4.69, 9.17) is 4.63 Å². The fourth-order valence-electron chi connectivity index (χ4n) is 3.38. The maximum absolute atomic E-state index is 12.9. The van der Waals surface area contributed by atoms with Crippen LogP contribution < -0.4 is 10.6 Å². The minimum Gasteiger partial charge on any atom is -0.352 e. The van der Waals surface area contributed by atoms with Gasteiger partial charge in [0, 0.05) is 22.6 Å². The van der Waals surface area contributed by atoms with Gasteiger partial charge in [-0.25, -0.2) is 4.63 Å². The molecule has 3 heterocycles. The number of ketones is 1. The highest BCUT2D eigenvalue weighted by Crippen LogP contribution is 2.45. The number of carbonyl (C=O) groups is 1. The van der Waals surface area contributed by atoms with Gasteiger partial charge in [-0.05, 0) is 46.1 Å². The van der Waals surface area contributed by atoms with Crippen LogP contribution in [0.25, 0.3) is 0 Å². The van der Waals surface area contributed by atoms with Crippen molar-refractivity contribution < 1.29 is 9.42 Å². The molecule has 0 saturated carbocycles. The largest absolute Gasteiger partial charge is 0.352 e. The molecule has 2 N–H and O–H groups in total. The van der Waals surface area contributed by atoms with E-state index in [1.807, 2.05) is 5.38 Å². The molecule has 0 radical (unpaired) electrons. The molecule has 0 saturated heterocycles. The summed E-state index contributed by atoms with van der Waals surface area (Å²) in [6, 6.07) is 1.86. The Balaban J connectivity index is 1.89. The fourth-order valence-corrected chi connectivity index (χ4v) is 4.36. The van der Waals surface area contributed by atoms with Gasteiger partial charge < -0.3 is 10.6 Å². The lowest BCUT2D eigenvalue weighted by molar-refractivity contribution is -0.118. The van der Waals surface area contributed by atoms with Crippen molar-refractivity contribution in [3.05, 3.63) is 33.2 Å². The van der Waals surface area contributed by atoms with Crippen molar-refractivity contribution in [2.24, 2.45) is 5.41 Å². The smallest absolute Gasteiger partial charge is 0.219 e. The quantitative estimate of drug-likeness (QED) is 0.830. The van der Waals surface area contributed by atoms with Crippen LogP contribution in [0.3, 0.4) is 0 Å². The fraction of sp³-hybridized carbons (Fsp3) is 0.438. The second-order valence-corrected chi connectivity index (χ2v) is 7.91. The molecule has 1 aliphatic heterocycles. The molecular formula is C16H18N4O2S. The third-order valence-electron chi connectivity index (χ3n) is 4.41. The Kier molecular flexibility index (Phi) is 3.09. The number of thiophene rings is 1. The number of aromatic nitrogens is 2. The molecule has 2 aliphatic rings. The van der Waals surface area contributed by atoms with Crippen LogP contribution in [0.15, 0.2) is 27.3 Å². The lowest BCUT2D eigenvalue weighted by Gasteiger charge is -2.33. The zero-order valence-electron chi connectivity index (χ0n) is 13.3. The van der Waals surface area contributed by atoms with Gasteiger partial charge in [0.15, 0.2) is 5.78 Å². The predicted molar refractivity (Wildman–Crippen MR) is 88.4 cm³/mol. The monoisotopic (exact) mass is 330 g/mol. The summed E-state index contributed by atoms with van der Waals surface area (Å²) in [4.78, 5) is 14.0. The number of nitrogens with one attached hydrogen (secondary N) is 2. The first-order valence-electron chi connectivity index (χ1n) is 7.61. The van der Waals surface area contributed by atoms with Gasteiger partial charge in [0.1, 0.15) is 0 Å². The van der Waals surface area contributed by atoms with E-state index in [2.05, 4.69) is 47.8 Å². The molecule has 0 fully saturated rings. The molecule has 0 aromatic carbocycles. The van der Waals surface area contributed by atoms with Crippen molar-refractivity contribution in [1.29, 1.82) is 0 Å². The maximum atomic E-state index is 12.9. The Morgan fingerprint density at radius 2 is 2.09 bits per heavy atom. The van der Waals surface area contributed by atoms with Crippen LogP contribution in [-0.4, -0.2) is 16.1 Å². The summed E-state index contributed by atoms with van der Waals surface area (Å²) in [5.41, 5.74) is 2.82. The Bertz CT molecular complexity index is 818. The number of anilines is 2. The number of nitrogens with zero attached hydrogens (tertiary/aromatic N) is 2. The maximum Gasteiger partial charge on any atom is 0.219 e. The third-order valence-corrected chi connectivity index (χ3v) is 5.50. The SMILES string of the molecule is Cc1ccsc1C1Nc2nonc2NC2=C1C(=O)CC(C)(C)C2. The summed E-state index contributed by atoms with van der Waals surface area (Å²) in [7, 11) is 0. The number of rotatable bonds is 1. The lowest BCUT2D eigenvalue weighted by atomic mass is 9.74. The van der Waals surface area contributed by atoms with Crippen LogP contribution in [-0.2, 0) is 4.79 Å². The third kappa shape index (κ3) is 2.35. The Labute approximate surface area is 137 Å². The molecule has 120 valence electrons. The normalized spacial score (nSPS) is 22.7. The van der Waals surface area contributed by atoms with Crippen LogP contribution in [0.5, 0.6) is 0 Å². The first-order valence-corrected chi connectivity index (χ1v) is 8.49. The van der Waals surface area contributed by atoms with E-state index in [1.54, 1.807) is 11.3 Å². The molecule has 1 atom stereocenters. The minimum absolute atomic E-state index is 0.0698. The van der Waals surface area contributed by atoms with E-state index in [0.717, 1.165) is 28.1 Å². The molecule has 0 amide bonds. The second kappa shape index (κ2) is 4.92. The minimum atomic E-state index is -0.214. The molecular weight excluding hydrogens is 312 g/mol. The average Bonchev–Trinajstić information content (AvgIpc) is 3.02. The zero-order chi connectivity index (χ0) is 16.2. The molecule has 23 heavy (non-hydrogen) atoms. The molecule has 0 spiro atoms. The van der Waals surface area contributed by atoms with Gasteiger partial charge in [-0.1, -0.05) is 13.8 Å². The zero-order valence-corrected chi connectivity index (χ0v) is 14.1. The van der Waals surface area contributed by atoms with Gasteiger partial charge in [-0.15, -0.1) is 11.3 Å². The summed E-state index contributed by atoms with van der Waals surface area (Å²) in [6.45, 7) is 6.29. The van der Waals surface area contributed by atoms with E-state index < -0.39 is 0 Å². The van der Waals surface area contributed by atoms with Gasteiger partial charge in [-0.2, -0.15) is 0 Å². The number of allylic oxidation sites excluding steroid dienone is 1. The van der Waals surface area contributed by atoms with Crippen molar-refractivity contribution in [2.75, 3.05) is 10.6 Å². The highest BCUT2D eigenvalue weighted by molar-refractivity contribution is 7.10. The molecule has 1 aliphatic carbocycles. The van der Waals surface area contributed by atoms with E-state index in [1.165, 1.54) is 0 Å². The Hall–Kier alpha value is -2.15. The van der Waals surface area contributed by atoms with Crippen molar-refractivity contribution in [3.8, 4) is 0 Å². The van der Waals surface area contributed by atoms with E-state index in [9.17, 15) is 4.79 Å². The Morgan fingerprint density at radius 3 is 2.83 bits per heavy atom. The summed E-state index contributed by atoms with van der Waals surface area (Å²) < 4.78 is 4.85. The van der Waals surface area contributed by atoms with Crippen LogP contribution in [0, 0.1) is 12.3 Å². The second-order valence-electron chi connectivity index (χ2n) is 6.96. The van der Waals surface area contributed by atoms with E-state index in [-0.39, 0.29) is 17.2 Å². The Morgan fingerprint density at radius 1 is 1.30 bits per heavy atom. The molecule has 1 unspecified atom stereocenters. The number of carbonyl (C=O) groups excluding carboxylic acids is 1. The molecule has 6 nitrogen and oxygen atoms in total. The van der Waals surface area contributed by atoms with Crippen molar-refractivity contribution >= 4 is 28.8 Å². The van der Waals surface area contributed by atoms with Gasteiger partial charge in [-0.3, -0.25) is 4.79 Å². The summed E-state index contributed by atoms with van der Waals surface area (Å²) in [5, 5.41) is 16.5. The van der Waals surface area contributed by atoms with E-state index >= 15 is 0 Å². The lowest BCUT2D eigenvalue weighted by Crippen LogP contribution is -2.31. The molecule has 4 rings (SSSR count). The number of Topliss-reactive ketones (excluding diaryl/α,β-unsaturated/α-hetero) is 1. The molecule has 0 bridgehead atoms. The standard InChI is InChI=1S/C16H18N4O2S/c1-8-4-5-23-13(8)12-11-9(6-16(2,3)7-10(11)21)17-14-15(18-12)20-22-19-14/h4-5,12H,6-7H2,1-3H3,(H,17,19)(H,18,20). The van der Waals surface area contributed by atoms with Gasteiger partial charge in [0.2, 0.25) is 11.6 Å². The highest BCUT2D eigenvalue weighted by Gasteiger charge is 2.40. The topological polar surface area (TPSA) is 80.1 Å². The van der Waals surface area contributed by atoms with E-state index in [0.29, 0.717) is 18.1 Å². The average molecular weight is 330 g/mol. The molecule has 2 aromatic heterocycles. The van der Waals surface area contributed by atoms with Crippen LogP contribution in [0.1, 0.15) is 43.2 Å². The number of hydrogen-bond donors (Lipinski definition) is 2. The molecule has 2 aromatic rings. The number of hydrogen-bond acceptors (Lipinski definition) is 7. The summed E-state index contributed by atoms with van der Waals surface area (Å²) in [5.74, 6) is 1.26. The van der Waals surface area contributed by atoms with Gasteiger partial charge >= 0.3 is 0 Å². The summed E-state index contributed by atoms with van der Waals surface area (Å²) in [6.07, 6.45) is 1.34. The first-order chi connectivity index (χ1) is 10.9. The van der Waals surface area contributed by atoms with Crippen molar-refractivity contribution in [2.45, 2.75) is 39.7 Å². The van der Waals surface area contributed by atoms with Crippen LogP contribution in [0.4, 0.5) is 11.6 Å². The number of aryl methyl sites for hydroxylation is 1.